The standard InChI is InChI=1S/C17H15NO/c1-2-16-12-18-17(19-16)15-10-8-14(9-11-15)13-6-4-3-5-7-13/h2-11,16H,1,12H2. The topological polar surface area (TPSA) is 21.6 Å². The van der Waals surface area contributed by atoms with Gasteiger partial charge in [0.2, 0.25) is 5.90 Å². The van der Waals surface area contributed by atoms with Crippen molar-refractivity contribution in [2.24, 2.45) is 4.99 Å². The number of benzene rings is 2. The molecular formula is C17H15NO. The molecular weight excluding hydrogens is 234 g/mol. The molecule has 2 aromatic rings. The van der Waals surface area contributed by atoms with Crippen LogP contribution in [0.4, 0.5) is 0 Å². The van der Waals surface area contributed by atoms with Crippen LogP contribution in [0.25, 0.3) is 11.1 Å². The molecule has 0 fully saturated rings. The van der Waals surface area contributed by atoms with Gasteiger partial charge >= 0.3 is 0 Å². The molecule has 1 heterocycles. The number of aliphatic imine (C=N–C) groups is 1. The van der Waals surface area contributed by atoms with Crippen molar-refractivity contribution in [1.82, 2.24) is 0 Å². The third-order valence-electron chi connectivity index (χ3n) is 3.18. The molecule has 0 amide bonds. The van der Waals surface area contributed by atoms with Crippen molar-refractivity contribution in [1.29, 1.82) is 0 Å². The van der Waals surface area contributed by atoms with Crippen molar-refractivity contribution in [2.45, 2.75) is 6.10 Å². The SMILES string of the molecule is C=CC1CN=C(c2ccc(-c3ccccc3)cc2)O1. The summed E-state index contributed by atoms with van der Waals surface area (Å²) in [7, 11) is 0. The summed E-state index contributed by atoms with van der Waals surface area (Å²) in [6, 6.07) is 18.6. The third-order valence-corrected chi connectivity index (χ3v) is 3.18. The zero-order valence-corrected chi connectivity index (χ0v) is 10.6. The summed E-state index contributed by atoms with van der Waals surface area (Å²) in [5, 5.41) is 0. The van der Waals surface area contributed by atoms with Crippen LogP contribution in [0.2, 0.25) is 0 Å². The summed E-state index contributed by atoms with van der Waals surface area (Å²) in [5.41, 5.74) is 3.43. The summed E-state index contributed by atoms with van der Waals surface area (Å²) in [4.78, 5) is 4.38. The minimum absolute atomic E-state index is 0.0174. The minimum Gasteiger partial charge on any atom is -0.468 e. The average Bonchev–Trinajstić information content (AvgIpc) is 2.97. The Kier molecular flexibility index (Phi) is 3.15. The van der Waals surface area contributed by atoms with Crippen LogP contribution in [0, 0.1) is 0 Å². The minimum atomic E-state index is 0.0174. The van der Waals surface area contributed by atoms with E-state index in [4.69, 9.17) is 4.74 Å². The smallest absolute Gasteiger partial charge is 0.216 e. The van der Waals surface area contributed by atoms with Crippen LogP contribution in [0.1, 0.15) is 5.56 Å². The molecule has 1 aliphatic rings. The van der Waals surface area contributed by atoms with Crippen molar-refractivity contribution in [3.05, 3.63) is 72.8 Å². The van der Waals surface area contributed by atoms with E-state index in [1.807, 2.05) is 30.3 Å². The first kappa shape index (κ1) is 11.7. The van der Waals surface area contributed by atoms with Crippen LogP contribution in [0.5, 0.6) is 0 Å². The Bertz CT molecular complexity index is 599. The summed E-state index contributed by atoms with van der Waals surface area (Å²) < 4.78 is 5.67. The van der Waals surface area contributed by atoms with E-state index in [1.54, 1.807) is 6.08 Å². The molecule has 0 radical (unpaired) electrons. The molecule has 0 spiro atoms. The fourth-order valence-corrected chi connectivity index (χ4v) is 2.11. The molecule has 0 N–H and O–H groups in total. The maximum atomic E-state index is 5.67. The van der Waals surface area contributed by atoms with Gasteiger partial charge in [0, 0.05) is 5.56 Å². The van der Waals surface area contributed by atoms with Gasteiger partial charge in [0.25, 0.3) is 0 Å². The van der Waals surface area contributed by atoms with E-state index >= 15 is 0 Å². The molecule has 1 atom stereocenters. The summed E-state index contributed by atoms with van der Waals surface area (Å²) in [6.07, 6.45) is 1.80. The van der Waals surface area contributed by atoms with Gasteiger partial charge in [-0.1, -0.05) is 49.0 Å². The molecule has 3 rings (SSSR count). The molecule has 1 aliphatic heterocycles. The van der Waals surface area contributed by atoms with Gasteiger partial charge in [0.05, 0.1) is 6.54 Å². The number of nitrogens with zero attached hydrogens (tertiary/aromatic N) is 1. The van der Waals surface area contributed by atoms with Crippen LogP contribution in [-0.4, -0.2) is 18.5 Å². The predicted octanol–water partition coefficient (Wildman–Crippen LogP) is 3.69. The summed E-state index contributed by atoms with van der Waals surface area (Å²) >= 11 is 0. The lowest BCUT2D eigenvalue weighted by molar-refractivity contribution is 0.275. The van der Waals surface area contributed by atoms with E-state index in [0.717, 1.165) is 5.56 Å². The van der Waals surface area contributed by atoms with E-state index in [1.165, 1.54) is 11.1 Å². The van der Waals surface area contributed by atoms with Crippen LogP contribution in [0.3, 0.4) is 0 Å². The maximum absolute atomic E-state index is 5.67. The zero-order valence-electron chi connectivity index (χ0n) is 10.6. The van der Waals surface area contributed by atoms with E-state index < -0.39 is 0 Å². The van der Waals surface area contributed by atoms with Crippen molar-refractivity contribution >= 4 is 5.90 Å². The Morgan fingerprint density at radius 2 is 1.58 bits per heavy atom. The lowest BCUT2D eigenvalue weighted by Gasteiger charge is -2.07. The number of hydrogen-bond donors (Lipinski definition) is 0. The average molecular weight is 249 g/mol. The van der Waals surface area contributed by atoms with Crippen LogP contribution in [0.15, 0.2) is 72.2 Å². The second-order valence-electron chi connectivity index (χ2n) is 4.48. The quantitative estimate of drug-likeness (QED) is 0.760. The fourth-order valence-electron chi connectivity index (χ4n) is 2.11. The lowest BCUT2D eigenvalue weighted by Crippen LogP contribution is -2.09. The normalized spacial score (nSPS) is 17.7. The van der Waals surface area contributed by atoms with Crippen molar-refractivity contribution < 1.29 is 4.74 Å². The number of rotatable bonds is 3. The molecule has 1 unspecified atom stereocenters. The molecule has 0 saturated heterocycles. The van der Waals surface area contributed by atoms with E-state index in [9.17, 15) is 0 Å². The first-order chi connectivity index (χ1) is 9.36. The molecule has 2 aromatic carbocycles. The van der Waals surface area contributed by atoms with E-state index in [0.29, 0.717) is 12.4 Å². The Morgan fingerprint density at radius 1 is 0.947 bits per heavy atom. The van der Waals surface area contributed by atoms with Gasteiger partial charge < -0.3 is 4.74 Å². The molecule has 0 saturated carbocycles. The van der Waals surface area contributed by atoms with Crippen molar-refractivity contribution in [2.75, 3.05) is 6.54 Å². The van der Waals surface area contributed by atoms with Gasteiger partial charge in [0.15, 0.2) is 0 Å². The lowest BCUT2D eigenvalue weighted by atomic mass is 10.0. The highest BCUT2D eigenvalue weighted by molar-refractivity contribution is 5.95. The Labute approximate surface area is 113 Å². The summed E-state index contributed by atoms with van der Waals surface area (Å²) in [6.45, 7) is 4.39. The third kappa shape index (κ3) is 2.43. The monoisotopic (exact) mass is 249 g/mol. The van der Waals surface area contributed by atoms with Gasteiger partial charge in [-0.05, 0) is 29.3 Å². The summed E-state index contributed by atoms with van der Waals surface area (Å²) in [5.74, 6) is 0.713. The second-order valence-corrected chi connectivity index (χ2v) is 4.48. The molecule has 0 aromatic heterocycles. The molecule has 2 heteroatoms. The zero-order chi connectivity index (χ0) is 13.1. The number of ether oxygens (including phenoxy) is 1. The second kappa shape index (κ2) is 5.11. The molecule has 0 bridgehead atoms. The van der Waals surface area contributed by atoms with E-state index in [2.05, 4.69) is 35.8 Å². The maximum Gasteiger partial charge on any atom is 0.216 e. The highest BCUT2D eigenvalue weighted by Crippen LogP contribution is 2.21. The van der Waals surface area contributed by atoms with Gasteiger partial charge in [-0.15, -0.1) is 0 Å². The largest absolute Gasteiger partial charge is 0.468 e. The van der Waals surface area contributed by atoms with Crippen LogP contribution in [-0.2, 0) is 4.74 Å². The fraction of sp³-hybridized carbons (Fsp3) is 0.118. The van der Waals surface area contributed by atoms with E-state index in [-0.39, 0.29) is 6.10 Å². The molecule has 2 nitrogen and oxygen atoms in total. The van der Waals surface area contributed by atoms with Gasteiger partial charge in [0.1, 0.15) is 6.10 Å². The van der Waals surface area contributed by atoms with Gasteiger partial charge in [-0.2, -0.15) is 0 Å². The predicted molar refractivity (Wildman–Crippen MR) is 78.4 cm³/mol. The Hall–Kier alpha value is -2.35. The van der Waals surface area contributed by atoms with Gasteiger partial charge in [-0.3, -0.25) is 0 Å². The molecule has 94 valence electrons. The van der Waals surface area contributed by atoms with Gasteiger partial charge in [-0.25, -0.2) is 4.99 Å². The Morgan fingerprint density at radius 3 is 2.21 bits per heavy atom. The van der Waals surface area contributed by atoms with Crippen molar-refractivity contribution in [3.63, 3.8) is 0 Å². The highest BCUT2D eigenvalue weighted by atomic mass is 16.5. The van der Waals surface area contributed by atoms with Crippen LogP contribution >= 0.6 is 0 Å². The molecule has 0 aliphatic carbocycles. The first-order valence-corrected chi connectivity index (χ1v) is 6.36. The van der Waals surface area contributed by atoms with Crippen LogP contribution < -0.4 is 0 Å². The Balaban J connectivity index is 1.82. The van der Waals surface area contributed by atoms with Crippen molar-refractivity contribution in [3.8, 4) is 11.1 Å². The first-order valence-electron chi connectivity index (χ1n) is 6.36. The molecule has 19 heavy (non-hydrogen) atoms. The number of hydrogen-bond acceptors (Lipinski definition) is 2. The highest BCUT2D eigenvalue weighted by Gasteiger charge is 2.17.